The Bertz CT molecular complexity index is 2820. The first kappa shape index (κ1) is 51.8. The van der Waals surface area contributed by atoms with Crippen LogP contribution in [0.2, 0.25) is 0 Å². The monoisotopic (exact) mass is 988 g/mol. The second kappa shape index (κ2) is 20.7. The highest BCUT2D eigenvalue weighted by Gasteiger charge is 2.50. The minimum absolute atomic E-state index is 0.00331. The molecule has 4 N–H and O–H groups in total. The maximum Gasteiger partial charge on any atom is 0.312 e. The predicted octanol–water partition coefficient (Wildman–Crippen LogP) is 7.66. The topological polar surface area (TPSA) is 210 Å². The van der Waals surface area contributed by atoms with Crippen molar-refractivity contribution in [3.8, 4) is 11.5 Å². The van der Waals surface area contributed by atoms with E-state index < -0.39 is 82.7 Å². The van der Waals surface area contributed by atoms with Gasteiger partial charge in [-0.15, -0.1) is 11.4 Å². The summed E-state index contributed by atoms with van der Waals surface area (Å²) in [6.45, 7) is 21.4. The van der Waals surface area contributed by atoms with Crippen molar-refractivity contribution < 1.29 is 53.1 Å². The fourth-order valence-electron chi connectivity index (χ4n) is 9.84. The number of phenols is 1. The number of phenolic OH excluding ortho intramolecular Hbond substituents is 1. The lowest BCUT2D eigenvalue weighted by molar-refractivity contribution is -0.160. The highest BCUT2D eigenvalue weighted by atomic mass is 32.7. The first-order valence-corrected chi connectivity index (χ1v) is 25.7. The van der Waals surface area contributed by atoms with E-state index >= 15 is 0 Å². The van der Waals surface area contributed by atoms with Crippen LogP contribution in [0.1, 0.15) is 78.2 Å². The number of esters is 1. The third-order valence-electron chi connectivity index (χ3n) is 13.9. The zero-order valence-corrected chi connectivity index (χ0v) is 43.1. The van der Waals surface area contributed by atoms with Crippen molar-refractivity contribution in [3.05, 3.63) is 69.6 Å². The number of ether oxygens (including phenoxy) is 4. The number of benzene rings is 3. The van der Waals surface area contributed by atoms with E-state index in [-0.39, 0.29) is 50.0 Å². The van der Waals surface area contributed by atoms with Gasteiger partial charge in [0.2, 0.25) is 0 Å². The van der Waals surface area contributed by atoms with Crippen LogP contribution >= 0.6 is 19.8 Å². The Morgan fingerprint density at radius 3 is 2.33 bits per heavy atom. The summed E-state index contributed by atoms with van der Waals surface area (Å²) in [5, 5.41) is 37.9. The number of carbonyl (C=O) groups is 3. The summed E-state index contributed by atoms with van der Waals surface area (Å²) in [6, 6.07) is 3.89. The van der Waals surface area contributed by atoms with Crippen LogP contribution in [0.25, 0.3) is 33.0 Å². The van der Waals surface area contributed by atoms with Crippen LogP contribution in [0, 0.1) is 36.5 Å². The standard InChI is InChI=1S/C51H65N4O12PS/c1-24(2)23-54-16-18-55(19-17-54)32-21-34-39(35(22-32)69-68)52-40-36-37-44(59)30(8)47-38(36)49(61)51(10,67-47)64-20-15-33(63-11)27(5)46(65-31(9)56)29(7)43(58)28(6)42(57)25(3)13-12-14-26(4)50(62)53-41(45(37)60)48(40)66-34/h12-15,20-22,24-25,27-29,33,42-43,46,57-58,60H,16-19,23,68H2,1-11H3,(H,53,62)/b13-12+,20-15+,26-14-. The summed E-state index contributed by atoms with van der Waals surface area (Å²) in [5.41, 5.74) is 0.764. The van der Waals surface area contributed by atoms with Gasteiger partial charge >= 0.3 is 11.8 Å². The molecule has 7 rings (SSSR count). The smallest absolute Gasteiger partial charge is 0.312 e. The highest BCUT2D eigenvalue weighted by Crippen LogP contribution is 2.49. The summed E-state index contributed by atoms with van der Waals surface area (Å²) < 4.78 is 30.8. The Morgan fingerprint density at radius 1 is 1.00 bits per heavy atom. The number of aliphatic hydroxyl groups is 2. The van der Waals surface area contributed by atoms with Gasteiger partial charge in [0.15, 0.2) is 22.3 Å². The van der Waals surface area contributed by atoms with Gasteiger partial charge in [0, 0.05) is 111 Å². The van der Waals surface area contributed by atoms with Crippen molar-refractivity contribution in [1.29, 1.82) is 0 Å². The quantitative estimate of drug-likeness (QED) is 0.0480. The number of piperazine rings is 1. The van der Waals surface area contributed by atoms with Crippen LogP contribution in [0.4, 0.5) is 11.4 Å². The maximum absolute atomic E-state index is 14.9. The minimum atomic E-state index is -2.05. The Balaban J connectivity index is 1.44. The van der Waals surface area contributed by atoms with Crippen molar-refractivity contribution in [1.82, 2.24) is 9.88 Å². The number of aromatic nitrogens is 1. The number of hydrogen-bond acceptors (Lipinski definition) is 16. The van der Waals surface area contributed by atoms with Gasteiger partial charge in [0.05, 0.1) is 35.5 Å². The SMILES string of the molecule is COC1/C=C/OC2(C)Oc3c(C)c(=O)c4c(O)c(c5oc6cc(N7CCN(CC(C)C)CC7)cc(SP)c6nc5c4c3C2=O)NC(=O)/C(C)=C\C=C\C(C)C(O)C(C)C(O)C(C)C(OC(C)=O)C1C. The fourth-order valence-corrected chi connectivity index (χ4v) is 10.8. The maximum atomic E-state index is 14.9. The molecule has 3 aliphatic rings. The number of Topliss-reactive ketones (excluding diaryl/α,β-unsaturated/α-hetero) is 1. The van der Waals surface area contributed by atoms with Gasteiger partial charge in [-0.1, -0.05) is 68.2 Å². The number of allylic oxidation sites excluding steroid dienone is 2. The lowest BCUT2D eigenvalue weighted by atomic mass is 9.78. The fraction of sp³-hybridized carbons (Fsp3) is 0.510. The molecule has 10 atom stereocenters. The number of anilines is 2. The highest BCUT2D eigenvalue weighted by molar-refractivity contribution is 8.44. The number of aliphatic hydroxyl groups excluding tert-OH is 2. The third-order valence-corrected chi connectivity index (χ3v) is 15.2. The van der Waals surface area contributed by atoms with Gasteiger partial charge in [-0.3, -0.25) is 24.1 Å². The second-order valence-electron chi connectivity index (χ2n) is 19.3. The van der Waals surface area contributed by atoms with Crippen LogP contribution in [-0.4, -0.2) is 113 Å². The molecule has 1 amide bonds. The second-order valence-corrected chi connectivity index (χ2v) is 20.7. The number of aromatic hydroxyl groups is 1. The van der Waals surface area contributed by atoms with Gasteiger partial charge in [0.25, 0.3) is 11.7 Å². The van der Waals surface area contributed by atoms with E-state index in [9.17, 15) is 34.5 Å². The first-order chi connectivity index (χ1) is 32.6. The molecule has 0 radical (unpaired) electrons. The summed E-state index contributed by atoms with van der Waals surface area (Å²) in [7, 11) is 4.11. The van der Waals surface area contributed by atoms with Gasteiger partial charge in [0.1, 0.15) is 28.6 Å². The molecule has 0 aliphatic carbocycles. The predicted molar refractivity (Wildman–Crippen MR) is 271 cm³/mol. The Kier molecular flexibility index (Phi) is 15.6. The molecule has 1 aromatic heterocycles. The molecule has 1 fully saturated rings. The van der Waals surface area contributed by atoms with E-state index in [0.717, 1.165) is 43.3 Å². The molecule has 10 unspecified atom stereocenters. The van der Waals surface area contributed by atoms with Crippen molar-refractivity contribution in [2.45, 2.75) is 104 Å². The number of carbonyl (C=O) groups excluding carboxylic acids is 3. The number of amides is 1. The van der Waals surface area contributed by atoms with E-state index in [1.165, 1.54) is 57.7 Å². The summed E-state index contributed by atoms with van der Waals surface area (Å²) in [6.07, 6.45) is 3.70. The molecule has 4 heterocycles. The average molecular weight is 989 g/mol. The number of nitrogens with zero attached hydrogens (tertiary/aromatic N) is 3. The number of rotatable bonds is 6. The van der Waals surface area contributed by atoms with E-state index in [4.69, 9.17) is 28.3 Å². The zero-order valence-electron chi connectivity index (χ0n) is 41.1. The van der Waals surface area contributed by atoms with Crippen molar-refractivity contribution >= 4 is 81.8 Å². The van der Waals surface area contributed by atoms with E-state index in [2.05, 4.69) is 37.4 Å². The largest absolute Gasteiger partial charge is 0.505 e. The molecule has 3 aromatic carbocycles. The van der Waals surface area contributed by atoms with Gasteiger partial charge in [-0.2, -0.15) is 0 Å². The van der Waals surface area contributed by atoms with E-state index in [1.54, 1.807) is 46.8 Å². The summed E-state index contributed by atoms with van der Waals surface area (Å²) in [5.74, 6) is -6.64. The van der Waals surface area contributed by atoms with Crippen LogP contribution in [0.5, 0.6) is 11.5 Å². The molecule has 18 heteroatoms. The Hall–Kier alpha value is -5.03. The lowest BCUT2D eigenvalue weighted by Gasteiger charge is -2.38. The number of nitrogens with one attached hydrogen (secondary N) is 1. The van der Waals surface area contributed by atoms with Crippen molar-refractivity contribution in [2.24, 2.45) is 29.6 Å². The number of methoxy groups -OCH3 is 1. The molecule has 372 valence electrons. The molecule has 1 saturated heterocycles. The van der Waals surface area contributed by atoms with Gasteiger partial charge in [-0.05, 0) is 31.9 Å². The molecular formula is C51H65N4O12PS. The van der Waals surface area contributed by atoms with E-state index in [1.807, 2.05) is 12.1 Å². The van der Waals surface area contributed by atoms with Crippen molar-refractivity contribution in [3.63, 3.8) is 0 Å². The number of hydrogen-bond donors (Lipinski definition) is 4. The zero-order chi connectivity index (χ0) is 50.4. The number of fused-ring (bicyclic) bond motifs is 2. The van der Waals surface area contributed by atoms with E-state index in [0.29, 0.717) is 17.0 Å². The normalized spacial score (nSPS) is 29.3. The molecule has 0 saturated carbocycles. The molecule has 3 aliphatic heterocycles. The molecule has 4 bridgehead atoms. The molecule has 4 aromatic rings. The van der Waals surface area contributed by atoms with Crippen LogP contribution in [0.15, 0.2) is 62.4 Å². The van der Waals surface area contributed by atoms with Gasteiger partial charge in [-0.25, -0.2) is 4.98 Å². The molecular weight excluding hydrogens is 924 g/mol. The Morgan fingerprint density at radius 2 is 1.70 bits per heavy atom. The van der Waals surface area contributed by atoms with Gasteiger partial charge < -0.3 is 48.9 Å². The first-order valence-electron chi connectivity index (χ1n) is 23.4. The molecule has 0 spiro atoms. The van der Waals surface area contributed by atoms with Crippen LogP contribution in [0.3, 0.4) is 0 Å². The minimum Gasteiger partial charge on any atom is -0.505 e. The Labute approximate surface area is 408 Å². The lowest BCUT2D eigenvalue weighted by Crippen LogP contribution is -2.47. The number of ketones is 1. The summed E-state index contributed by atoms with van der Waals surface area (Å²) in [4.78, 5) is 66.6. The van der Waals surface area contributed by atoms with Crippen LogP contribution < -0.4 is 20.4 Å². The molecule has 16 nitrogen and oxygen atoms in total. The average Bonchev–Trinajstić information content (AvgIpc) is 3.58. The molecule has 69 heavy (non-hydrogen) atoms. The van der Waals surface area contributed by atoms with Crippen LogP contribution in [-0.2, 0) is 23.8 Å². The van der Waals surface area contributed by atoms with Crippen molar-refractivity contribution in [2.75, 3.05) is 50.1 Å². The summed E-state index contributed by atoms with van der Waals surface area (Å²) >= 11 is 1.37. The third kappa shape index (κ3) is 10.0.